The molecule has 2 aromatic rings. The van der Waals surface area contributed by atoms with E-state index in [-0.39, 0.29) is 96.0 Å². The maximum absolute atomic E-state index is 12.6. The number of allylic oxidation sites excluding steroid dienone is 2. The van der Waals surface area contributed by atoms with Crippen molar-refractivity contribution in [1.29, 1.82) is 0 Å². The Morgan fingerprint density at radius 2 is 1.51 bits per heavy atom. The molecule has 18 heteroatoms. The number of ether oxygens (including phenoxy) is 1. The predicted molar refractivity (Wildman–Crippen MR) is 254 cm³/mol. The second kappa shape index (κ2) is 37.1. The summed E-state index contributed by atoms with van der Waals surface area (Å²) in [6, 6.07) is 4.30. The van der Waals surface area contributed by atoms with Crippen LogP contribution in [0, 0.1) is 5.41 Å². The van der Waals surface area contributed by atoms with Gasteiger partial charge in [-0.2, -0.15) is 0 Å². The summed E-state index contributed by atoms with van der Waals surface area (Å²) in [6.45, 7) is 14.5. The zero-order valence-electron chi connectivity index (χ0n) is 42.1. The fourth-order valence-electron chi connectivity index (χ4n) is 7.10. The van der Waals surface area contributed by atoms with Gasteiger partial charge in [-0.05, 0) is 103 Å². The van der Waals surface area contributed by atoms with Gasteiger partial charge < -0.3 is 50.3 Å². The maximum Gasteiger partial charge on any atom is 1.00 e. The molecule has 2 heterocycles. The van der Waals surface area contributed by atoms with Gasteiger partial charge in [-0.1, -0.05) is 89.4 Å². The van der Waals surface area contributed by atoms with Crippen LogP contribution in [0.1, 0.15) is 170 Å². The zero-order chi connectivity index (χ0) is 48.0. The van der Waals surface area contributed by atoms with Gasteiger partial charge in [-0.3, -0.25) is 14.4 Å². The van der Waals surface area contributed by atoms with Crippen molar-refractivity contribution in [3.05, 3.63) is 30.4 Å². The molecule has 0 bridgehead atoms. The van der Waals surface area contributed by atoms with Crippen molar-refractivity contribution < 1.29 is 103 Å². The molecular formula is C49H78N6Na2O9S. The van der Waals surface area contributed by atoms with E-state index >= 15 is 0 Å². The van der Waals surface area contributed by atoms with Crippen LogP contribution in [0.2, 0.25) is 0 Å². The van der Waals surface area contributed by atoms with Crippen LogP contribution in [-0.4, -0.2) is 95.3 Å². The van der Waals surface area contributed by atoms with Crippen molar-refractivity contribution in [3.8, 4) is 5.75 Å². The SMILES string of the molecule is CCCCCCC(=O)N(CCCCCOc1cccc2sc(NC(=O)C(C)(C)C)nc12)C(C)C.O=C([O-])CC(C(=O)[O-])N1CCCCNC(=O)NCCCC/C=C\CCCCCCC1=O.[Na+].[Na+]. The minimum Gasteiger partial charge on any atom is -0.550 e. The molecule has 3 N–H and O–H groups in total. The summed E-state index contributed by atoms with van der Waals surface area (Å²) in [7, 11) is 0. The van der Waals surface area contributed by atoms with Crippen molar-refractivity contribution in [3.63, 3.8) is 0 Å². The zero-order valence-corrected chi connectivity index (χ0v) is 47.0. The average Bonchev–Trinajstić information content (AvgIpc) is 3.66. The maximum atomic E-state index is 12.6. The molecule has 0 saturated carbocycles. The van der Waals surface area contributed by atoms with Gasteiger partial charge in [0, 0.05) is 62.9 Å². The van der Waals surface area contributed by atoms with Crippen LogP contribution in [0.4, 0.5) is 9.93 Å². The third-order valence-corrected chi connectivity index (χ3v) is 11.9. The van der Waals surface area contributed by atoms with E-state index in [1.165, 1.54) is 24.2 Å². The second-order valence-corrected chi connectivity index (χ2v) is 19.1. The van der Waals surface area contributed by atoms with E-state index in [1.54, 1.807) is 0 Å². The first-order valence-corrected chi connectivity index (χ1v) is 24.9. The third-order valence-electron chi connectivity index (χ3n) is 11.0. The number of para-hydroxylation sites is 1. The molecule has 0 saturated heterocycles. The Kier molecular flexibility index (Phi) is 35.6. The van der Waals surface area contributed by atoms with Crippen molar-refractivity contribution >= 4 is 62.4 Å². The monoisotopic (exact) mass is 973 g/mol. The standard InChI is InChI=1S/C27H43N3O3S.C22H37N3O6.2Na/c1-7-8-9-11-17-23(31)30(20(2)3)18-12-10-13-19-33-21-15-14-16-22-24(21)28-26(34-22)29-25(32)27(4,5)6;26-19-13-9-7-5-3-1-2-4-6-8-10-14-23-22(31)24-15-11-12-16-25(19)18(21(29)30)17-20(27)28;;/h14-16,20H,7-13,17-19H2,1-6H3,(H,28,29,32);2,4,18H,1,3,5-17H2,(H,27,28)(H,29,30)(H2,23,24,31);;/q;;2*+1/p-2/b;4-2-;;. The number of aliphatic carboxylic acids is 2. The van der Waals surface area contributed by atoms with E-state index in [2.05, 4.69) is 53.9 Å². The number of amides is 5. The summed E-state index contributed by atoms with van der Waals surface area (Å²) in [4.78, 5) is 79.4. The molecule has 1 aliphatic heterocycles. The summed E-state index contributed by atoms with van der Waals surface area (Å²) in [5, 5.41) is 31.5. The molecule has 1 atom stereocenters. The smallest absolute Gasteiger partial charge is 0.550 e. The Bertz CT molecular complexity index is 1790. The van der Waals surface area contributed by atoms with Crippen LogP contribution in [0.25, 0.3) is 10.2 Å². The Morgan fingerprint density at radius 3 is 2.13 bits per heavy atom. The van der Waals surface area contributed by atoms with Gasteiger partial charge >= 0.3 is 65.1 Å². The summed E-state index contributed by atoms with van der Waals surface area (Å²) >= 11 is 1.46. The number of nitrogens with one attached hydrogen (secondary N) is 3. The molecule has 0 spiro atoms. The fraction of sp³-hybridized carbons (Fsp3) is 0.694. The number of rotatable bonds is 18. The molecule has 0 radical (unpaired) electrons. The number of carbonyl (C=O) groups is 6. The van der Waals surface area contributed by atoms with Gasteiger partial charge in [-0.25, -0.2) is 9.78 Å². The van der Waals surface area contributed by atoms with E-state index in [4.69, 9.17) is 4.74 Å². The predicted octanol–water partition coefficient (Wildman–Crippen LogP) is 1.28. The summed E-state index contributed by atoms with van der Waals surface area (Å²) in [5.41, 5.74) is 0.318. The van der Waals surface area contributed by atoms with E-state index in [0.717, 1.165) is 104 Å². The number of benzene rings is 1. The molecule has 1 aromatic carbocycles. The minimum absolute atomic E-state index is 0. The topological polar surface area (TPSA) is 213 Å². The second-order valence-electron chi connectivity index (χ2n) is 18.0. The van der Waals surface area contributed by atoms with Gasteiger partial charge in [0.2, 0.25) is 17.7 Å². The van der Waals surface area contributed by atoms with Gasteiger partial charge in [-0.15, -0.1) is 0 Å². The minimum atomic E-state index is -1.60. The molecule has 0 aliphatic carbocycles. The van der Waals surface area contributed by atoms with Crippen LogP contribution < -0.4 is 90.0 Å². The molecule has 366 valence electrons. The molecule has 1 unspecified atom stereocenters. The molecule has 15 nitrogen and oxygen atoms in total. The summed E-state index contributed by atoms with van der Waals surface area (Å²) in [5.74, 6) is -2.57. The van der Waals surface area contributed by atoms with Gasteiger partial charge in [0.05, 0.1) is 23.3 Å². The normalized spacial score (nSPS) is 15.7. The van der Waals surface area contributed by atoms with E-state index in [9.17, 15) is 39.0 Å². The summed E-state index contributed by atoms with van der Waals surface area (Å²) < 4.78 is 7.03. The van der Waals surface area contributed by atoms with E-state index < -0.39 is 35.7 Å². The quantitative estimate of drug-likeness (QED) is 0.111. The Morgan fingerprint density at radius 1 is 0.866 bits per heavy atom. The van der Waals surface area contributed by atoms with Crippen LogP contribution in [0.15, 0.2) is 30.4 Å². The van der Waals surface area contributed by atoms with Crippen LogP contribution >= 0.6 is 11.3 Å². The Balaban J connectivity index is 0.00000127. The van der Waals surface area contributed by atoms with E-state index in [1.807, 2.05) is 43.9 Å². The number of urea groups is 1. The largest absolute Gasteiger partial charge is 1.00 e. The average molecular weight is 973 g/mol. The van der Waals surface area contributed by atoms with Gasteiger partial charge in [0.25, 0.3) is 0 Å². The van der Waals surface area contributed by atoms with Crippen molar-refractivity contribution in [2.24, 2.45) is 5.41 Å². The molecule has 5 amide bonds. The molecule has 1 aromatic heterocycles. The van der Waals surface area contributed by atoms with Gasteiger partial charge in [0.1, 0.15) is 11.3 Å². The number of hydrogen-bond donors (Lipinski definition) is 3. The number of carbonyl (C=O) groups excluding carboxylic acids is 6. The molecule has 3 rings (SSSR count). The van der Waals surface area contributed by atoms with Gasteiger partial charge in [0.15, 0.2) is 5.13 Å². The number of carboxylic acids is 2. The molecular weight excluding hydrogens is 895 g/mol. The van der Waals surface area contributed by atoms with Crippen molar-refractivity contribution in [2.75, 3.05) is 38.1 Å². The number of carboxylic acid groups (broad SMARTS) is 2. The Hall–Kier alpha value is -2.73. The Labute approximate surface area is 448 Å². The first kappa shape index (κ1) is 64.3. The molecule has 67 heavy (non-hydrogen) atoms. The van der Waals surface area contributed by atoms with Crippen molar-refractivity contribution in [2.45, 2.75) is 182 Å². The summed E-state index contributed by atoms with van der Waals surface area (Å²) in [6.07, 6.45) is 20.0. The number of unbranched alkanes of at least 4 members (excludes halogenated alkanes) is 5. The number of fused-ring (bicyclic) bond motifs is 1. The number of aromatic nitrogens is 1. The van der Waals surface area contributed by atoms with E-state index in [0.29, 0.717) is 50.5 Å². The molecule has 0 fully saturated rings. The fourth-order valence-corrected chi connectivity index (χ4v) is 7.98. The number of anilines is 1. The first-order valence-electron chi connectivity index (χ1n) is 24.0. The number of nitrogens with zero attached hydrogens (tertiary/aromatic N) is 3. The molecule has 1 aliphatic rings. The number of hydrogen-bond acceptors (Lipinski definition) is 11. The van der Waals surface area contributed by atoms with Crippen molar-refractivity contribution in [1.82, 2.24) is 25.4 Å². The first-order chi connectivity index (χ1) is 31.0. The number of thiazole rings is 1. The van der Waals surface area contributed by atoms with Crippen LogP contribution in [-0.2, 0) is 24.0 Å². The third kappa shape index (κ3) is 27.9. The van der Waals surface area contributed by atoms with Crippen LogP contribution in [0.3, 0.4) is 0 Å². The van der Waals surface area contributed by atoms with Crippen LogP contribution in [0.5, 0.6) is 5.75 Å².